The Kier molecular flexibility index (Phi) is 5.40. The number of likely N-dealkylation sites (tertiary alicyclic amines) is 1. The fourth-order valence-electron chi connectivity index (χ4n) is 7.21. The molecule has 1 aliphatic heterocycles. The molecule has 28 heavy (non-hydrogen) atoms. The first-order chi connectivity index (χ1) is 13.7. The van der Waals surface area contributed by atoms with E-state index in [2.05, 4.69) is 29.2 Å². The van der Waals surface area contributed by atoms with Crippen LogP contribution in [0.15, 0.2) is 24.3 Å². The van der Waals surface area contributed by atoms with Gasteiger partial charge in [0, 0.05) is 13.0 Å². The van der Waals surface area contributed by atoms with Crippen LogP contribution in [-0.2, 0) is 5.41 Å². The molecule has 4 aliphatic carbocycles. The minimum atomic E-state index is -0.274. The largest absolute Gasteiger partial charge is 0.493 e. The number of nitrogens with zero attached hydrogens (tertiary/aromatic N) is 1. The number of β-amino-alcohol motifs (C(OH)–C–C–N with tert-alkyl or cyclic N) is 1. The van der Waals surface area contributed by atoms with Crippen molar-refractivity contribution in [3.05, 3.63) is 29.8 Å². The molecular weight excluding hydrogens is 346 g/mol. The Morgan fingerprint density at radius 2 is 1.54 bits per heavy atom. The number of aliphatic hydroxyl groups excluding tert-OH is 1. The average molecular weight is 384 g/mol. The topological polar surface area (TPSA) is 32.7 Å². The number of hydrogen-bond acceptors (Lipinski definition) is 3. The zero-order valence-electron chi connectivity index (χ0n) is 17.3. The zero-order chi connectivity index (χ0) is 19.0. The molecule has 0 spiro atoms. The first kappa shape index (κ1) is 18.9. The Morgan fingerprint density at radius 1 is 0.929 bits per heavy atom. The SMILES string of the molecule is OC(CCOc1ccc(C23CC4CC(CC(C4)C2)C3)cc1)CN1CCCCC1. The molecule has 0 aromatic heterocycles. The lowest BCUT2D eigenvalue weighted by Crippen LogP contribution is -2.48. The average Bonchev–Trinajstić information content (AvgIpc) is 2.68. The lowest BCUT2D eigenvalue weighted by molar-refractivity contribution is -0.00520. The van der Waals surface area contributed by atoms with E-state index in [1.807, 2.05) is 0 Å². The third-order valence-corrected chi connectivity index (χ3v) is 8.14. The molecule has 1 N–H and O–H groups in total. The molecule has 3 heteroatoms. The molecule has 4 saturated carbocycles. The fourth-order valence-corrected chi connectivity index (χ4v) is 7.21. The van der Waals surface area contributed by atoms with Crippen LogP contribution in [0.4, 0.5) is 0 Å². The smallest absolute Gasteiger partial charge is 0.119 e. The second-order valence-corrected chi connectivity index (χ2v) is 10.4. The van der Waals surface area contributed by atoms with Crippen LogP contribution < -0.4 is 4.74 Å². The molecule has 1 aromatic carbocycles. The van der Waals surface area contributed by atoms with Gasteiger partial charge in [-0.25, -0.2) is 0 Å². The molecule has 1 saturated heterocycles. The molecule has 1 aromatic rings. The summed E-state index contributed by atoms with van der Waals surface area (Å²) >= 11 is 0. The molecule has 5 aliphatic rings. The molecule has 1 unspecified atom stereocenters. The van der Waals surface area contributed by atoms with Crippen molar-refractivity contribution in [2.75, 3.05) is 26.2 Å². The third kappa shape index (κ3) is 3.98. The van der Waals surface area contributed by atoms with Gasteiger partial charge < -0.3 is 14.7 Å². The number of benzene rings is 1. The highest BCUT2D eigenvalue weighted by atomic mass is 16.5. The molecule has 3 nitrogen and oxygen atoms in total. The fraction of sp³-hybridized carbons (Fsp3) is 0.760. The molecule has 6 rings (SSSR count). The molecule has 5 fully saturated rings. The number of hydrogen-bond donors (Lipinski definition) is 1. The molecule has 1 heterocycles. The van der Waals surface area contributed by atoms with Gasteiger partial charge in [0.1, 0.15) is 5.75 Å². The lowest BCUT2D eigenvalue weighted by atomic mass is 9.48. The van der Waals surface area contributed by atoms with E-state index in [0.717, 1.165) is 43.1 Å². The van der Waals surface area contributed by atoms with Crippen LogP contribution in [0, 0.1) is 17.8 Å². The van der Waals surface area contributed by atoms with E-state index in [4.69, 9.17) is 4.74 Å². The van der Waals surface area contributed by atoms with Crippen molar-refractivity contribution in [3.8, 4) is 5.75 Å². The molecule has 154 valence electrons. The van der Waals surface area contributed by atoms with E-state index < -0.39 is 0 Å². The summed E-state index contributed by atoms with van der Waals surface area (Å²) in [5.74, 6) is 3.93. The van der Waals surface area contributed by atoms with Gasteiger partial charge in [0.25, 0.3) is 0 Å². The van der Waals surface area contributed by atoms with Crippen molar-refractivity contribution in [1.82, 2.24) is 4.90 Å². The maximum atomic E-state index is 10.3. The van der Waals surface area contributed by atoms with Crippen LogP contribution >= 0.6 is 0 Å². The van der Waals surface area contributed by atoms with Crippen LogP contribution in [0.25, 0.3) is 0 Å². The zero-order valence-corrected chi connectivity index (χ0v) is 17.3. The third-order valence-electron chi connectivity index (χ3n) is 8.14. The predicted molar refractivity (Wildman–Crippen MR) is 113 cm³/mol. The highest BCUT2D eigenvalue weighted by Crippen LogP contribution is 2.60. The van der Waals surface area contributed by atoms with Gasteiger partial charge >= 0.3 is 0 Å². The quantitative estimate of drug-likeness (QED) is 0.736. The van der Waals surface area contributed by atoms with E-state index in [9.17, 15) is 5.11 Å². The van der Waals surface area contributed by atoms with E-state index in [1.54, 1.807) is 5.56 Å². The summed E-state index contributed by atoms with van der Waals surface area (Å²) in [5, 5.41) is 10.3. The molecule has 1 atom stereocenters. The summed E-state index contributed by atoms with van der Waals surface area (Å²) in [5.41, 5.74) is 2.03. The molecule has 0 radical (unpaired) electrons. The van der Waals surface area contributed by atoms with Gasteiger partial charge in [-0.3, -0.25) is 0 Å². The monoisotopic (exact) mass is 383 g/mol. The minimum Gasteiger partial charge on any atom is -0.493 e. The normalized spacial score (nSPS) is 35.8. The Labute approximate surface area is 170 Å². The van der Waals surface area contributed by atoms with Crippen molar-refractivity contribution in [1.29, 1.82) is 0 Å². The standard InChI is InChI=1S/C25H37NO2/c27-23(18-26-9-2-1-3-10-26)8-11-28-24-6-4-22(5-7-24)25-15-19-12-20(16-25)14-21(13-19)17-25/h4-7,19-21,23,27H,1-3,8-18H2. The summed E-state index contributed by atoms with van der Waals surface area (Å²) in [6.07, 6.45) is 13.1. The van der Waals surface area contributed by atoms with Crippen molar-refractivity contribution < 1.29 is 9.84 Å². The number of piperidine rings is 1. The van der Waals surface area contributed by atoms with Crippen molar-refractivity contribution in [3.63, 3.8) is 0 Å². The van der Waals surface area contributed by atoms with E-state index in [0.29, 0.717) is 18.4 Å². The Morgan fingerprint density at radius 3 is 2.14 bits per heavy atom. The lowest BCUT2D eigenvalue weighted by Gasteiger charge is -2.57. The second kappa shape index (κ2) is 7.99. The predicted octanol–water partition coefficient (Wildman–Crippen LogP) is 4.77. The van der Waals surface area contributed by atoms with Crippen molar-refractivity contribution in [2.24, 2.45) is 17.8 Å². The van der Waals surface area contributed by atoms with Crippen LogP contribution in [0.5, 0.6) is 5.75 Å². The van der Waals surface area contributed by atoms with Gasteiger partial charge in [-0.15, -0.1) is 0 Å². The molecule has 4 bridgehead atoms. The summed E-state index contributed by atoms with van der Waals surface area (Å²) in [6, 6.07) is 9.02. The maximum absolute atomic E-state index is 10.3. The highest BCUT2D eigenvalue weighted by Gasteiger charge is 2.51. The maximum Gasteiger partial charge on any atom is 0.119 e. The second-order valence-electron chi connectivity index (χ2n) is 10.4. The van der Waals surface area contributed by atoms with Gasteiger partial charge in [-0.05, 0) is 105 Å². The van der Waals surface area contributed by atoms with E-state index in [1.165, 1.54) is 57.8 Å². The highest BCUT2D eigenvalue weighted by molar-refractivity contribution is 5.34. The summed E-state index contributed by atoms with van der Waals surface area (Å²) in [6.45, 7) is 3.69. The Hall–Kier alpha value is -1.06. The van der Waals surface area contributed by atoms with Crippen LogP contribution in [-0.4, -0.2) is 42.4 Å². The van der Waals surface area contributed by atoms with Crippen LogP contribution in [0.2, 0.25) is 0 Å². The minimum absolute atomic E-state index is 0.274. The van der Waals surface area contributed by atoms with Gasteiger partial charge in [-0.1, -0.05) is 18.6 Å². The van der Waals surface area contributed by atoms with Crippen LogP contribution in [0.1, 0.15) is 69.8 Å². The first-order valence-electron chi connectivity index (χ1n) is 11.8. The van der Waals surface area contributed by atoms with Gasteiger partial charge in [0.05, 0.1) is 12.7 Å². The van der Waals surface area contributed by atoms with E-state index >= 15 is 0 Å². The van der Waals surface area contributed by atoms with Gasteiger partial charge in [0.15, 0.2) is 0 Å². The Bertz CT molecular complexity index is 614. The first-order valence-corrected chi connectivity index (χ1v) is 11.8. The summed E-state index contributed by atoms with van der Waals surface area (Å²) in [7, 11) is 0. The Balaban J connectivity index is 1.12. The summed E-state index contributed by atoms with van der Waals surface area (Å²) in [4.78, 5) is 2.40. The number of aliphatic hydroxyl groups is 1. The van der Waals surface area contributed by atoms with Crippen molar-refractivity contribution >= 4 is 0 Å². The van der Waals surface area contributed by atoms with E-state index in [-0.39, 0.29) is 6.10 Å². The molecule has 0 amide bonds. The summed E-state index contributed by atoms with van der Waals surface area (Å²) < 4.78 is 5.96. The molecular formula is C25H37NO2. The van der Waals surface area contributed by atoms with Gasteiger partial charge in [0.2, 0.25) is 0 Å². The number of rotatable bonds is 7. The van der Waals surface area contributed by atoms with Gasteiger partial charge in [-0.2, -0.15) is 0 Å². The van der Waals surface area contributed by atoms with Crippen LogP contribution in [0.3, 0.4) is 0 Å². The van der Waals surface area contributed by atoms with Crippen molar-refractivity contribution in [2.45, 2.75) is 75.7 Å². The number of ether oxygens (including phenoxy) is 1.